The molecule has 202 valence electrons. The van der Waals surface area contributed by atoms with Gasteiger partial charge >= 0.3 is 5.97 Å². The molecule has 2 aliphatic rings. The van der Waals surface area contributed by atoms with Crippen LogP contribution < -0.4 is 15.4 Å². The second-order valence-corrected chi connectivity index (χ2v) is 11.3. The van der Waals surface area contributed by atoms with Gasteiger partial charge in [0.1, 0.15) is 17.0 Å². The molecule has 2 amide bonds. The van der Waals surface area contributed by atoms with Crippen LogP contribution in [0.25, 0.3) is 0 Å². The number of hydrogen-bond acceptors (Lipinski definition) is 4. The zero-order valence-corrected chi connectivity index (χ0v) is 22.9. The summed E-state index contributed by atoms with van der Waals surface area (Å²) in [7, 11) is 0. The molecule has 3 atom stereocenters. The highest BCUT2D eigenvalue weighted by molar-refractivity contribution is 6.31. The van der Waals surface area contributed by atoms with Gasteiger partial charge in [0.15, 0.2) is 5.60 Å². The van der Waals surface area contributed by atoms with Crippen molar-refractivity contribution in [3.63, 3.8) is 0 Å². The van der Waals surface area contributed by atoms with E-state index in [2.05, 4.69) is 10.6 Å². The molecule has 39 heavy (non-hydrogen) atoms. The molecular formula is C28H22Cl3FN2O5. The second-order valence-electron chi connectivity index (χ2n) is 10.0. The number of aliphatic carboxylic acids is 1. The Labute approximate surface area is 238 Å². The zero-order valence-electron chi connectivity index (χ0n) is 20.7. The minimum absolute atomic E-state index is 0.00821. The Morgan fingerprint density at radius 2 is 1.62 bits per heavy atom. The summed E-state index contributed by atoms with van der Waals surface area (Å²) in [5.74, 6) is -3.72. The maximum absolute atomic E-state index is 15.4. The first-order valence-corrected chi connectivity index (χ1v) is 13.1. The van der Waals surface area contributed by atoms with Crippen molar-refractivity contribution in [3.8, 4) is 5.75 Å². The van der Waals surface area contributed by atoms with Crippen molar-refractivity contribution in [2.24, 2.45) is 0 Å². The average Bonchev–Trinajstić information content (AvgIpc) is 3.14. The lowest BCUT2D eigenvalue weighted by molar-refractivity contribution is -0.152. The van der Waals surface area contributed by atoms with E-state index in [0.29, 0.717) is 21.8 Å². The van der Waals surface area contributed by atoms with Gasteiger partial charge in [-0.15, -0.1) is 0 Å². The van der Waals surface area contributed by atoms with E-state index in [1.807, 2.05) is 0 Å². The molecule has 1 fully saturated rings. The molecule has 5 rings (SSSR count). The molecule has 1 spiro atoms. The lowest BCUT2D eigenvalue weighted by atomic mass is 9.59. The Bertz CT molecular complexity index is 1550. The van der Waals surface area contributed by atoms with Crippen molar-refractivity contribution in [1.82, 2.24) is 5.32 Å². The zero-order chi connectivity index (χ0) is 28.3. The number of carboxylic acids is 1. The van der Waals surface area contributed by atoms with Crippen LogP contribution in [0, 0.1) is 5.82 Å². The number of halogens is 4. The molecule has 2 aliphatic heterocycles. The van der Waals surface area contributed by atoms with Crippen LogP contribution in [-0.2, 0) is 19.8 Å². The number of fused-ring (bicyclic) bond motifs is 2. The highest BCUT2D eigenvalue weighted by atomic mass is 35.5. The van der Waals surface area contributed by atoms with Gasteiger partial charge in [0.2, 0.25) is 11.8 Å². The van der Waals surface area contributed by atoms with Crippen molar-refractivity contribution in [2.75, 3.05) is 5.32 Å². The number of anilines is 1. The third-order valence-electron chi connectivity index (χ3n) is 7.25. The molecular weight excluding hydrogens is 570 g/mol. The number of amides is 2. The molecule has 0 radical (unpaired) electrons. The summed E-state index contributed by atoms with van der Waals surface area (Å²) < 4.78 is 21.3. The van der Waals surface area contributed by atoms with E-state index in [9.17, 15) is 19.5 Å². The topological polar surface area (TPSA) is 105 Å². The van der Waals surface area contributed by atoms with Gasteiger partial charge in [-0.25, -0.2) is 9.18 Å². The number of carbonyl (C=O) groups is 3. The van der Waals surface area contributed by atoms with Crippen molar-refractivity contribution in [2.45, 2.75) is 43.2 Å². The van der Waals surface area contributed by atoms with E-state index in [0.717, 1.165) is 0 Å². The standard InChI is InChI=1S/C28H22Cl3FN2O5/c1-27(2,26(37)38)39-22-8-5-14(30)9-16(22)19-12-23(35)34-24(17-10-13(29)4-7-20(17)32)28(19)18-6-3-15(31)11-21(18)33-25(28)36/h3-11,19,24H,12H2,1-2H3,(H,33,36)(H,34,35)(H,37,38)/t19-,24+,28-/m1/s1. The predicted molar refractivity (Wildman–Crippen MR) is 145 cm³/mol. The lowest BCUT2D eigenvalue weighted by Crippen LogP contribution is -2.57. The van der Waals surface area contributed by atoms with Crippen LogP contribution in [0.3, 0.4) is 0 Å². The smallest absolute Gasteiger partial charge is 0.347 e. The van der Waals surface area contributed by atoms with E-state index in [-0.39, 0.29) is 27.8 Å². The van der Waals surface area contributed by atoms with Crippen LogP contribution >= 0.6 is 34.8 Å². The Balaban J connectivity index is 1.82. The van der Waals surface area contributed by atoms with E-state index in [1.165, 1.54) is 50.2 Å². The largest absolute Gasteiger partial charge is 0.478 e. The number of benzene rings is 3. The van der Waals surface area contributed by atoms with Crippen LogP contribution in [0.5, 0.6) is 5.75 Å². The number of carboxylic acid groups (broad SMARTS) is 1. The monoisotopic (exact) mass is 590 g/mol. The molecule has 3 aromatic rings. The Hall–Kier alpha value is -3.33. The van der Waals surface area contributed by atoms with Crippen LogP contribution in [0.2, 0.25) is 15.1 Å². The minimum atomic E-state index is -1.66. The van der Waals surface area contributed by atoms with Gasteiger partial charge in [0.25, 0.3) is 0 Å². The summed E-state index contributed by atoms with van der Waals surface area (Å²) in [5.41, 5.74) is -2.08. The Morgan fingerprint density at radius 3 is 2.31 bits per heavy atom. The first-order valence-electron chi connectivity index (χ1n) is 11.9. The van der Waals surface area contributed by atoms with Crippen molar-refractivity contribution in [3.05, 3.63) is 92.2 Å². The SMILES string of the molecule is CC(C)(Oc1ccc(Cl)cc1[C@H]1CC(=O)N[C@@H](c2cc(Cl)ccc2F)[C@]12C(=O)Nc1cc(Cl)ccc12)C(=O)O. The molecule has 0 unspecified atom stereocenters. The van der Waals surface area contributed by atoms with E-state index in [4.69, 9.17) is 39.5 Å². The summed E-state index contributed by atoms with van der Waals surface area (Å²) in [5, 5.41) is 16.2. The maximum Gasteiger partial charge on any atom is 0.347 e. The van der Waals surface area contributed by atoms with Gasteiger partial charge in [-0.05, 0) is 67.9 Å². The summed E-state index contributed by atoms with van der Waals surface area (Å²) in [6, 6.07) is 12.1. The quantitative estimate of drug-likeness (QED) is 0.325. The Morgan fingerprint density at radius 1 is 1.00 bits per heavy atom. The number of hydrogen-bond donors (Lipinski definition) is 3. The van der Waals surface area contributed by atoms with Gasteiger partial charge in [0.05, 0.1) is 6.04 Å². The minimum Gasteiger partial charge on any atom is -0.478 e. The van der Waals surface area contributed by atoms with Crippen LogP contribution in [0.4, 0.5) is 10.1 Å². The summed E-state index contributed by atoms with van der Waals surface area (Å²) in [6.07, 6.45) is -0.210. The van der Waals surface area contributed by atoms with Crippen molar-refractivity contribution >= 4 is 58.3 Å². The summed E-state index contributed by atoms with van der Waals surface area (Å²) in [6.45, 7) is 2.75. The third kappa shape index (κ3) is 4.50. The van der Waals surface area contributed by atoms with Crippen LogP contribution in [-0.4, -0.2) is 28.5 Å². The molecule has 1 saturated heterocycles. The fraction of sp³-hybridized carbons (Fsp3) is 0.250. The number of nitrogens with one attached hydrogen (secondary N) is 2. The molecule has 7 nitrogen and oxygen atoms in total. The fourth-order valence-corrected chi connectivity index (χ4v) is 5.99. The molecule has 0 aliphatic carbocycles. The first-order chi connectivity index (χ1) is 18.3. The third-order valence-corrected chi connectivity index (χ3v) is 7.95. The highest BCUT2D eigenvalue weighted by Gasteiger charge is 2.62. The lowest BCUT2D eigenvalue weighted by Gasteiger charge is -2.46. The van der Waals surface area contributed by atoms with Gasteiger partial charge in [-0.3, -0.25) is 9.59 Å². The molecule has 11 heteroatoms. The number of piperidine rings is 1. The van der Waals surface area contributed by atoms with E-state index < -0.39 is 46.6 Å². The van der Waals surface area contributed by atoms with Crippen molar-refractivity contribution < 1.29 is 28.6 Å². The molecule has 0 saturated carbocycles. The summed E-state index contributed by atoms with van der Waals surface area (Å²) in [4.78, 5) is 39.3. The second kappa shape index (κ2) is 9.70. The van der Waals surface area contributed by atoms with Crippen LogP contribution in [0.15, 0.2) is 54.6 Å². The van der Waals surface area contributed by atoms with Crippen LogP contribution in [0.1, 0.15) is 48.9 Å². The van der Waals surface area contributed by atoms with Crippen molar-refractivity contribution in [1.29, 1.82) is 0 Å². The predicted octanol–water partition coefficient (Wildman–Crippen LogP) is 6.26. The molecule has 3 N–H and O–H groups in total. The van der Waals surface area contributed by atoms with Gasteiger partial charge < -0.3 is 20.5 Å². The molecule has 2 heterocycles. The number of carbonyl (C=O) groups excluding carboxylic acids is 2. The molecule has 3 aromatic carbocycles. The van der Waals surface area contributed by atoms with Gasteiger partial charge in [-0.2, -0.15) is 0 Å². The van der Waals surface area contributed by atoms with E-state index in [1.54, 1.807) is 18.2 Å². The molecule has 0 bridgehead atoms. The van der Waals surface area contributed by atoms with Gasteiger partial charge in [0, 0.05) is 44.2 Å². The highest BCUT2D eigenvalue weighted by Crippen LogP contribution is 2.59. The fourth-order valence-electron chi connectivity index (χ4n) is 5.46. The molecule has 0 aromatic heterocycles. The average molecular weight is 592 g/mol. The normalized spacial score (nSPS) is 22.3. The maximum atomic E-state index is 15.4. The van der Waals surface area contributed by atoms with E-state index >= 15 is 4.39 Å². The van der Waals surface area contributed by atoms with Gasteiger partial charge in [-0.1, -0.05) is 40.9 Å². The first kappa shape index (κ1) is 27.2. The number of ether oxygens (including phenoxy) is 1. The number of rotatable bonds is 5. The Kier molecular flexibility index (Phi) is 6.77. The summed E-state index contributed by atoms with van der Waals surface area (Å²) >= 11 is 18.9.